The van der Waals surface area contributed by atoms with E-state index in [1.54, 1.807) is 13.1 Å². The molecule has 0 atom stereocenters. The molecule has 0 saturated heterocycles. The molecule has 0 unspecified atom stereocenters. The Kier molecular flexibility index (Phi) is 10.6. The predicted octanol–water partition coefficient (Wildman–Crippen LogP) is 3.22. The van der Waals surface area contributed by atoms with Crippen LogP contribution in [0, 0.1) is 45.6 Å². The smallest absolute Gasteiger partial charge is 0.241 e. The third-order valence-electron chi connectivity index (χ3n) is 5.28. The normalized spacial score (nSPS) is 9.97. The number of rotatable bonds is 3. The van der Waals surface area contributed by atoms with Crippen LogP contribution in [0.2, 0.25) is 0 Å². The summed E-state index contributed by atoms with van der Waals surface area (Å²) in [6, 6.07) is 24.1. The van der Waals surface area contributed by atoms with E-state index >= 15 is 0 Å². The molecular formula is C30H29IrN8-3. The van der Waals surface area contributed by atoms with E-state index < -0.39 is 0 Å². The predicted molar refractivity (Wildman–Crippen MR) is 142 cm³/mol. The van der Waals surface area contributed by atoms with Crippen LogP contribution in [0.3, 0.4) is 0 Å². The van der Waals surface area contributed by atoms with Gasteiger partial charge in [-0.3, -0.25) is 10.1 Å². The minimum atomic E-state index is 0. The summed E-state index contributed by atoms with van der Waals surface area (Å²) in [6.45, 7) is 5.92. The summed E-state index contributed by atoms with van der Waals surface area (Å²) in [5, 5.41) is 7.65. The van der Waals surface area contributed by atoms with E-state index in [1.807, 2.05) is 99.6 Å². The maximum atomic E-state index is 4.10. The van der Waals surface area contributed by atoms with Crippen molar-refractivity contribution in [2.75, 3.05) is 0 Å². The Hall–Kier alpha value is -4.20. The van der Waals surface area contributed by atoms with Crippen LogP contribution in [0.4, 0.5) is 0 Å². The summed E-state index contributed by atoms with van der Waals surface area (Å²) in [6.07, 6.45) is 15.8. The van der Waals surface area contributed by atoms with E-state index in [1.165, 1.54) is 11.1 Å². The molecule has 4 heterocycles. The van der Waals surface area contributed by atoms with Gasteiger partial charge in [0, 0.05) is 56.9 Å². The third kappa shape index (κ3) is 8.67. The van der Waals surface area contributed by atoms with Gasteiger partial charge in [0.2, 0.25) is 12.7 Å². The fraction of sp³-hybridized carbons (Fsp3) is 0.167. The second-order valence-electron chi connectivity index (χ2n) is 8.66. The summed E-state index contributed by atoms with van der Waals surface area (Å²) in [5.74, 6) is 1.27. The Bertz CT molecular complexity index is 1470. The van der Waals surface area contributed by atoms with Crippen molar-refractivity contribution in [3.63, 3.8) is 0 Å². The molecule has 39 heavy (non-hydrogen) atoms. The van der Waals surface area contributed by atoms with Gasteiger partial charge in [-0.2, -0.15) is 59.7 Å². The van der Waals surface area contributed by atoms with Gasteiger partial charge in [0.05, 0.1) is 19.8 Å². The van der Waals surface area contributed by atoms with Crippen molar-refractivity contribution in [1.29, 1.82) is 0 Å². The Balaban J connectivity index is 0.000000160. The fourth-order valence-electron chi connectivity index (χ4n) is 3.28. The Morgan fingerprint density at radius 1 is 0.769 bits per heavy atom. The van der Waals surface area contributed by atoms with E-state index in [2.05, 4.69) is 70.9 Å². The average Bonchev–Trinajstić information content (AvgIpc) is 3.68. The number of pyridine rings is 1. The number of benzene rings is 2. The molecule has 0 saturated carbocycles. The first-order valence-corrected chi connectivity index (χ1v) is 12.0. The number of hydrogen-bond acceptors (Lipinski definition) is 3. The first-order chi connectivity index (χ1) is 18.4. The molecule has 1 radical (unpaired) electrons. The number of imidazole rings is 2. The number of aryl methyl sites for hydroxylation is 5. The molecule has 0 fully saturated rings. The van der Waals surface area contributed by atoms with Crippen LogP contribution in [0.1, 0.15) is 17.0 Å². The Morgan fingerprint density at radius 2 is 1.33 bits per heavy atom. The van der Waals surface area contributed by atoms with E-state index in [4.69, 9.17) is 0 Å². The minimum absolute atomic E-state index is 0. The van der Waals surface area contributed by atoms with Crippen LogP contribution in [0.15, 0.2) is 85.6 Å². The second-order valence-corrected chi connectivity index (χ2v) is 8.66. The molecule has 0 spiro atoms. The summed E-state index contributed by atoms with van der Waals surface area (Å²) < 4.78 is 7.60. The van der Waals surface area contributed by atoms with Crippen LogP contribution < -0.4 is 14.2 Å². The van der Waals surface area contributed by atoms with Gasteiger partial charge >= 0.3 is 0 Å². The Labute approximate surface area is 243 Å². The van der Waals surface area contributed by atoms with Gasteiger partial charge in [0.1, 0.15) is 0 Å². The van der Waals surface area contributed by atoms with Gasteiger partial charge in [-0.1, -0.05) is 31.3 Å². The van der Waals surface area contributed by atoms with Crippen molar-refractivity contribution >= 4 is 0 Å². The second kappa shape index (κ2) is 14.1. The molecule has 0 aliphatic carbocycles. The molecule has 0 aliphatic heterocycles. The summed E-state index contributed by atoms with van der Waals surface area (Å²) in [4.78, 5) is 8.19. The molecule has 2 aromatic carbocycles. The first-order valence-electron chi connectivity index (χ1n) is 12.0. The molecule has 0 amide bonds. The molecule has 4 aromatic heterocycles. The fourth-order valence-corrected chi connectivity index (χ4v) is 3.28. The van der Waals surface area contributed by atoms with E-state index in [-0.39, 0.29) is 20.1 Å². The summed E-state index contributed by atoms with van der Waals surface area (Å²) >= 11 is 0. The zero-order valence-corrected chi connectivity index (χ0v) is 24.9. The topological polar surface area (TPSA) is 70.4 Å². The summed E-state index contributed by atoms with van der Waals surface area (Å²) in [5.41, 5.74) is 5.25. The van der Waals surface area contributed by atoms with Gasteiger partial charge in [-0.15, -0.1) is 0 Å². The molecule has 0 N–H and O–H groups in total. The van der Waals surface area contributed by atoms with Crippen LogP contribution in [0.25, 0.3) is 22.9 Å². The van der Waals surface area contributed by atoms with Gasteiger partial charge in [0.25, 0.3) is 0 Å². The summed E-state index contributed by atoms with van der Waals surface area (Å²) in [7, 11) is 3.90. The maximum absolute atomic E-state index is 4.10. The molecular weight excluding hydrogens is 665 g/mol. The van der Waals surface area contributed by atoms with E-state index in [9.17, 15) is 0 Å². The van der Waals surface area contributed by atoms with Crippen molar-refractivity contribution in [3.05, 3.63) is 127 Å². The van der Waals surface area contributed by atoms with Crippen LogP contribution in [-0.4, -0.2) is 24.2 Å². The van der Waals surface area contributed by atoms with Gasteiger partial charge in [-0.05, 0) is 24.9 Å². The molecule has 9 heteroatoms. The molecule has 8 nitrogen and oxygen atoms in total. The Morgan fingerprint density at radius 3 is 1.69 bits per heavy atom. The van der Waals surface area contributed by atoms with Crippen LogP contribution >= 0.6 is 0 Å². The SMILES string of the molecule is Cc1c[c-]c(-n2[c-][n+](C)cc2)cc1.Cc1c[c-]c(-n2[c-][n+](C)cc2)cc1.Cc1n[n-]c(-c2ccccn2)n1.[Ir]. The van der Waals surface area contributed by atoms with Crippen molar-refractivity contribution in [2.45, 2.75) is 20.8 Å². The van der Waals surface area contributed by atoms with E-state index in [0.29, 0.717) is 11.6 Å². The molecule has 201 valence electrons. The molecule has 0 aliphatic rings. The first kappa shape index (κ1) is 29.4. The van der Waals surface area contributed by atoms with E-state index in [0.717, 1.165) is 17.1 Å². The van der Waals surface area contributed by atoms with Crippen molar-refractivity contribution in [2.24, 2.45) is 14.1 Å². The monoisotopic (exact) mass is 694 g/mol. The van der Waals surface area contributed by atoms with Crippen LogP contribution in [-0.2, 0) is 34.2 Å². The largest absolute Gasteiger partial charge is 0.421 e. The third-order valence-corrected chi connectivity index (χ3v) is 5.28. The number of aromatic nitrogens is 8. The molecule has 6 aromatic rings. The minimum Gasteiger partial charge on any atom is -0.421 e. The number of nitrogens with zero attached hydrogens (tertiary/aromatic N) is 8. The van der Waals surface area contributed by atoms with Gasteiger partial charge < -0.3 is 28.4 Å². The van der Waals surface area contributed by atoms with Crippen molar-refractivity contribution < 1.29 is 29.2 Å². The average molecular weight is 694 g/mol. The standard InChI is InChI=1S/2C11H11N2.C8H7N4.Ir/c2*1-10-3-5-11(6-4-10)13-8-7-12(2)9-13;1-6-10-8(12-11-6)7-4-2-3-5-9-7;/h2*3-5,7-8H,1-2H3;2-5H,1H3;/q3*-1;. The molecule has 0 bridgehead atoms. The van der Waals surface area contributed by atoms with Crippen LogP contribution in [0.5, 0.6) is 0 Å². The van der Waals surface area contributed by atoms with Crippen molar-refractivity contribution in [3.8, 4) is 22.9 Å². The zero-order chi connectivity index (χ0) is 26.9. The van der Waals surface area contributed by atoms with Gasteiger partial charge in [-0.25, -0.2) is 0 Å². The zero-order valence-electron chi connectivity index (χ0n) is 22.5. The quantitative estimate of drug-likeness (QED) is 0.211. The number of hydrogen-bond donors (Lipinski definition) is 0. The maximum Gasteiger partial charge on any atom is 0.241 e. The van der Waals surface area contributed by atoms with Crippen molar-refractivity contribution in [1.82, 2.24) is 29.3 Å². The van der Waals surface area contributed by atoms with Gasteiger partial charge in [0.15, 0.2) is 0 Å². The molecule has 6 rings (SSSR count).